The Kier molecular flexibility index (Phi) is 29.0. The van der Waals surface area contributed by atoms with Crippen LogP contribution in [-0.2, 0) is 63.9 Å². The molecule has 0 saturated carbocycles. The standard InChI is InChI=1S/C83H90Cl2F3N13O25/c1-34(2)18-49(90-5)74(113)99-65-67(108)39-12-15-53(47(84)22-39)121-55-24-41-25-56(71(55)125-81-72(70(111)69(110)57(33-102)123-81)124-60-29-82(4,73(112)35(3)120-60)93-31-37-19-42(32-92-30-37)94-59(107)17-10-36-8-7-9-44(20-36)126-83(86,87)88)122-54-16-13-40(23-48(54)85)68(109)66-79(118)98-64(80(119)101-91-6)46-26-43(103)27-52(105)61(46)45-21-38(11-14-51(45)104)62(76(115)100-66)97-77(116)63(41)96-75(114)50(28-58(89)106)95-78(65)117/h7-17,19-27,30,32,34-35,49-50,57,60,62-70,72-73,81,90-91,93,102-105,108-112H,18,28-29,31,33H2,1-6H3,(H2,89,106)(H,94,107)(H,95,117)(H,96,114)(H,97,116)(H,98,118)(H,99,113)(H,100,115)(H,101,119)/b17-10+/t35-,49+,50-,57+,60-,62+,63+,64+,65+,66-,67+,68+,69+,70-,72+,73+,81-,82-/m0/s1. The fourth-order valence-corrected chi connectivity index (χ4v) is 15.4. The third kappa shape index (κ3) is 21.5. The molecule has 0 spiro atoms. The Labute approximate surface area is 724 Å². The molecule has 2 saturated heterocycles. The number of benzene rings is 6. The fourth-order valence-electron chi connectivity index (χ4n) is 15.0. The molecule has 7 aliphatic heterocycles. The van der Waals surface area contributed by atoms with Gasteiger partial charge in [-0.25, -0.2) is 5.43 Å². The van der Waals surface area contributed by atoms with Gasteiger partial charge >= 0.3 is 6.36 Å². The molecule has 38 nitrogen and oxygen atoms in total. The van der Waals surface area contributed by atoms with E-state index in [2.05, 4.69) is 68.4 Å². The van der Waals surface area contributed by atoms with E-state index in [0.717, 1.165) is 84.9 Å². The highest BCUT2D eigenvalue weighted by Gasteiger charge is 2.52. The van der Waals surface area contributed by atoms with Crippen molar-refractivity contribution in [2.75, 3.05) is 26.0 Å². The molecular formula is C83H90Cl2F3N13O25. The average Bonchev–Trinajstić information content (AvgIpc) is 0.766. The number of amides is 9. The van der Waals surface area contributed by atoms with E-state index in [9.17, 15) is 78.3 Å². The Morgan fingerprint density at radius 3 is 2.03 bits per heavy atom. The van der Waals surface area contributed by atoms with Gasteiger partial charge in [0.05, 0.1) is 53.2 Å². The molecule has 0 unspecified atom stereocenters. The third-order valence-corrected chi connectivity index (χ3v) is 21.9. The number of hydrogen-bond acceptors (Lipinski definition) is 29. The Morgan fingerprint density at radius 1 is 0.730 bits per heavy atom. The number of aliphatic hydroxyl groups is 6. The first-order valence-electron chi connectivity index (χ1n) is 39.1. The Morgan fingerprint density at radius 2 is 1.39 bits per heavy atom. The first kappa shape index (κ1) is 93.1. The normalized spacial score (nSPS) is 26.0. The lowest BCUT2D eigenvalue weighted by Gasteiger charge is -2.48. The van der Waals surface area contributed by atoms with E-state index in [1.807, 2.05) is 0 Å². The number of halogens is 5. The number of ether oxygens (including phenoxy) is 7. The van der Waals surface area contributed by atoms with Crippen LogP contribution in [0.15, 0.2) is 128 Å². The summed E-state index contributed by atoms with van der Waals surface area (Å²) in [6.45, 7) is 5.57. The van der Waals surface area contributed by atoms with Crippen LogP contribution in [0.3, 0.4) is 0 Å². The van der Waals surface area contributed by atoms with Gasteiger partial charge in [0.15, 0.2) is 23.9 Å². The summed E-state index contributed by atoms with van der Waals surface area (Å²) in [6.07, 6.45) is -19.6. The molecular weight excluding hydrogens is 1710 g/mol. The minimum atomic E-state index is -4.96. The van der Waals surface area contributed by atoms with Crippen LogP contribution in [0.2, 0.25) is 10.0 Å². The molecule has 7 aromatic rings. The number of carbonyl (C=O) groups is 9. The lowest BCUT2D eigenvalue weighted by Crippen LogP contribution is -2.65. The van der Waals surface area contributed by atoms with Crippen LogP contribution < -0.4 is 83.4 Å². The highest BCUT2D eigenvalue weighted by atomic mass is 35.5. The zero-order valence-electron chi connectivity index (χ0n) is 67.6. The number of nitrogens with one attached hydrogen (secondary N) is 11. The van der Waals surface area contributed by atoms with E-state index >= 15 is 24.0 Å². The minimum absolute atomic E-state index is 0.0856. The number of aliphatic hydroxyl groups excluding tert-OH is 6. The molecule has 1 aromatic heterocycles. The van der Waals surface area contributed by atoms with Crippen LogP contribution in [0.5, 0.6) is 51.7 Å². The number of aromatic nitrogens is 1. The summed E-state index contributed by atoms with van der Waals surface area (Å²) in [5, 5.41) is 129. The summed E-state index contributed by atoms with van der Waals surface area (Å²) in [6, 6.07) is 6.02. The van der Waals surface area contributed by atoms with E-state index in [-0.39, 0.29) is 59.0 Å². The predicted molar refractivity (Wildman–Crippen MR) is 437 cm³/mol. The molecule has 14 rings (SSSR count). The number of fused-ring (bicyclic) bond motifs is 15. The van der Waals surface area contributed by atoms with Crippen molar-refractivity contribution in [2.45, 2.75) is 169 Å². The molecule has 43 heteroatoms. The number of nitrogens with zero attached hydrogens (tertiary/aromatic N) is 1. The maximum Gasteiger partial charge on any atom is 0.573 e. The number of alkyl halides is 3. The number of phenolic OH excluding ortho intramolecular Hbond substituents is 3. The summed E-state index contributed by atoms with van der Waals surface area (Å²) >= 11 is 14.3. The molecule has 2 fully saturated rings. The maximum atomic E-state index is 16.3. The van der Waals surface area contributed by atoms with Crippen molar-refractivity contribution in [3.8, 4) is 62.9 Å². The number of hydrogen-bond donors (Lipinski definition) is 21. The number of likely N-dealkylation sites (N-methyl/N-ethyl adjacent to an activating group) is 1. The molecule has 6 aromatic carbocycles. The summed E-state index contributed by atoms with van der Waals surface area (Å²) in [4.78, 5) is 137. The quantitative estimate of drug-likeness (QED) is 0.0363. The van der Waals surface area contributed by atoms with Crippen molar-refractivity contribution in [1.82, 2.24) is 58.4 Å². The maximum absolute atomic E-state index is 16.3. The number of rotatable bonds is 21. The van der Waals surface area contributed by atoms with Gasteiger partial charge in [-0.1, -0.05) is 67.4 Å². The lowest BCUT2D eigenvalue weighted by atomic mass is 9.84. The molecule has 0 radical (unpaired) electrons. The molecule has 126 heavy (non-hydrogen) atoms. The lowest BCUT2D eigenvalue weighted by molar-refractivity contribution is -0.334. The summed E-state index contributed by atoms with van der Waals surface area (Å²) in [5.74, 6) is -16.6. The minimum Gasteiger partial charge on any atom is -0.508 e. The topological polar surface area (TPSA) is 572 Å². The van der Waals surface area contributed by atoms with Crippen molar-refractivity contribution >= 4 is 88.1 Å². The molecule has 18 atom stereocenters. The van der Waals surface area contributed by atoms with E-state index in [1.54, 1.807) is 20.8 Å². The molecule has 672 valence electrons. The van der Waals surface area contributed by atoms with E-state index in [0.29, 0.717) is 5.56 Å². The van der Waals surface area contributed by atoms with Crippen LogP contribution >= 0.6 is 23.2 Å². The predicted octanol–water partition coefficient (Wildman–Crippen LogP) is 3.05. The fraction of sp³-hybridized carbons (Fsp3) is 0.373. The first-order chi connectivity index (χ1) is 59.7. The number of nitrogens with two attached hydrogens (primary N) is 1. The van der Waals surface area contributed by atoms with Gasteiger partial charge in [-0.15, -0.1) is 13.2 Å². The molecule has 7 aliphatic rings. The summed E-state index contributed by atoms with van der Waals surface area (Å²) in [5.41, 5.74) is 7.27. The molecule has 8 heterocycles. The van der Waals surface area contributed by atoms with Crippen LogP contribution in [0.4, 0.5) is 18.9 Å². The van der Waals surface area contributed by atoms with Gasteiger partial charge in [0.2, 0.25) is 59.3 Å². The van der Waals surface area contributed by atoms with Gasteiger partial charge in [0, 0.05) is 55.0 Å². The van der Waals surface area contributed by atoms with Crippen LogP contribution in [0, 0.1) is 5.92 Å². The van der Waals surface area contributed by atoms with Crippen molar-refractivity contribution in [3.63, 3.8) is 0 Å². The number of anilines is 1. The molecule has 9 amide bonds. The molecule has 22 N–H and O–H groups in total. The van der Waals surface area contributed by atoms with Gasteiger partial charge in [0.1, 0.15) is 101 Å². The first-order valence-corrected chi connectivity index (χ1v) is 39.9. The summed E-state index contributed by atoms with van der Waals surface area (Å²) in [7, 11) is 2.74. The van der Waals surface area contributed by atoms with Gasteiger partial charge in [-0.3, -0.25) is 53.6 Å². The Bertz CT molecular complexity index is 5350. The number of aromatic hydroxyl groups is 3. The number of phenols is 3. The molecule has 11 bridgehead atoms. The van der Waals surface area contributed by atoms with Gasteiger partial charge in [-0.2, -0.15) is 0 Å². The van der Waals surface area contributed by atoms with Crippen LogP contribution in [0.25, 0.3) is 17.2 Å². The third-order valence-electron chi connectivity index (χ3n) is 21.3. The second-order valence-corrected chi connectivity index (χ2v) is 31.7. The van der Waals surface area contributed by atoms with E-state index in [4.69, 9.17) is 57.4 Å². The van der Waals surface area contributed by atoms with Gasteiger partial charge in [0.25, 0.3) is 5.91 Å². The number of pyridine rings is 1. The Balaban J connectivity index is 0.996. The smallest absolute Gasteiger partial charge is 0.508 e. The second-order valence-electron chi connectivity index (χ2n) is 30.9. The highest BCUT2D eigenvalue weighted by Crippen LogP contribution is 2.50. The zero-order valence-corrected chi connectivity index (χ0v) is 69.1. The van der Waals surface area contributed by atoms with E-state index in [1.165, 1.54) is 69.8 Å². The summed E-state index contributed by atoms with van der Waals surface area (Å²) < 4.78 is 82.2. The van der Waals surface area contributed by atoms with Crippen LogP contribution in [-0.4, -0.2) is 210 Å². The van der Waals surface area contributed by atoms with Gasteiger partial charge < -0.3 is 133 Å². The highest BCUT2D eigenvalue weighted by molar-refractivity contribution is 6.32. The van der Waals surface area contributed by atoms with Crippen molar-refractivity contribution in [1.29, 1.82) is 0 Å². The van der Waals surface area contributed by atoms with Crippen LogP contribution in [0.1, 0.15) is 116 Å². The zero-order chi connectivity index (χ0) is 91.2. The van der Waals surface area contributed by atoms with Crippen molar-refractivity contribution in [3.05, 3.63) is 177 Å². The Hall–Kier alpha value is -12.1. The number of hydrazine groups is 1. The van der Waals surface area contributed by atoms with Crippen molar-refractivity contribution < 1.29 is 135 Å². The average molecular weight is 1800 g/mol. The molecule has 0 aliphatic carbocycles. The largest absolute Gasteiger partial charge is 0.573 e. The van der Waals surface area contributed by atoms with Gasteiger partial charge in [-0.05, 0) is 151 Å². The SMILES string of the molecule is CNNC(=O)[C@@H]1NC(=O)[C@H]2NC(=O)[C@H](NC(=O)[C@@H]3NC(=O)[C@H](CC(N)=O)NC(=O)[C@H](NC(=O)[C@@H](CC(C)C)NC)[C@H](O)c4ccc(c(Cl)c4)Oc4cc3cc(c4O[C@@H]3O[C@H](CO)[C@@H](O)[C@H](O)[C@H]3O[C@H]3C[C@](C)(NCc4cncc(NC(=O)/C=C/c5cccc(OC(F)(F)F)c5)c4)[C@H](O)[C@H](C)O3)Oc3ccc(cc3Cl)[C@H]2O)c2ccc(O)c(c2)-c2c(O)cc(O)cc21. The number of carbonyl (C=O) groups excluding carboxylic acids is 9. The number of primary amides is 1. The van der Waals surface area contributed by atoms with Crippen molar-refractivity contribution in [2.24, 2.45) is 11.7 Å². The monoisotopic (exact) mass is 1800 g/mol. The second kappa shape index (κ2) is 39.2. The van der Waals surface area contributed by atoms with E-state index < -0.39 is 260 Å².